The molecule has 1 aromatic carbocycles. The third-order valence-electron chi connectivity index (χ3n) is 3.76. The van der Waals surface area contributed by atoms with Gasteiger partial charge in [0.15, 0.2) is 3.77 Å². The number of benzene rings is 1. The van der Waals surface area contributed by atoms with Crippen molar-refractivity contribution in [3.63, 3.8) is 0 Å². The number of nitrogens with one attached hydrogen (secondary N) is 1. The van der Waals surface area contributed by atoms with Crippen molar-refractivity contribution in [2.24, 2.45) is 0 Å². The molecule has 1 fully saturated rings. The molecule has 0 spiro atoms. The summed E-state index contributed by atoms with van der Waals surface area (Å²) < 4.78 is 6.50. The average Bonchev–Trinajstić information content (AvgIpc) is 3.08. The molecule has 0 saturated carbocycles. The van der Waals surface area contributed by atoms with Crippen molar-refractivity contribution >= 4 is 34.0 Å². The van der Waals surface area contributed by atoms with Gasteiger partial charge in [-0.3, -0.25) is 0 Å². The highest BCUT2D eigenvalue weighted by molar-refractivity contribution is 14.1. The minimum Gasteiger partial charge on any atom is -0.454 e. The molecule has 1 saturated heterocycles. The van der Waals surface area contributed by atoms with E-state index >= 15 is 0 Å². The third kappa shape index (κ3) is 3.11. The van der Waals surface area contributed by atoms with Crippen molar-refractivity contribution in [1.29, 1.82) is 0 Å². The lowest BCUT2D eigenvalue weighted by atomic mass is 10.1. The molecule has 4 heteroatoms. The molecule has 3 nitrogen and oxygen atoms in total. The van der Waals surface area contributed by atoms with Gasteiger partial charge in [0.25, 0.3) is 0 Å². The number of nitrogens with zero attached hydrogens (tertiary/aromatic N) is 1. The molecule has 0 bridgehead atoms. The van der Waals surface area contributed by atoms with Crippen LogP contribution in [0.1, 0.15) is 24.2 Å². The van der Waals surface area contributed by atoms with Gasteiger partial charge in [-0.1, -0.05) is 0 Å². The fourth-order valence-corrected chi connectivity index (χ4v) is 3.11. The van der Waals surface area contributed by atoms with Crippen molar-refractivity contribution in [3.8, 4) is 0 Å². The molecule has 106 valence electrons. The van der Waals surface area contributed by atoms with Crippen LogP contribution in [0.3, 0.4) is 0 Å². The van der Waals surface area contributed by atoms with Crippen LogP contribution in [0.5, 0.6) is 0 Å². The number of rotatable bonds is 4. The highest BCUT2D eigenvalue weighted by Crippen LogP contribution is 2.26. The Kier molecular flexibility index (Phi) is 4.19. The Balaban J connectivity index is 1.67. The zero-order valence-corrected chi connectivity index (χ0v) is 13.8. The Morgan fingerprint density at radius 3 is 2.65 bits per heavy atom. The zero-order valence-electron chi connectivity index (χ0n) is 11.7. The maximum absolute atomic E-state index is 5.57. The first-order valence-electron chi connectivity index (χ1n) is 7.06. The van der Waals surface area contributed by atoms with Crippen LogP contribution in [0.2, 0.25) is 0 Å². The summed E-state index contributed by atoms with van der Waals surface area (Å²) in [6, 6.07) is 10.7. The minimum atomic E-state index is 0.729. The number of aryl methyl sites for hydroxylation is 1. The fraction of sp³-hybridized carbons (Fsp3) is 0.375. The number of hydrogen-bond donors (Lipinski definition) is 1. The van der Waals surface area contributed by atoms with Gasteiger partial charge in [-0.15, -0.1) is 0 Å². The molecule has 0 amide bonds. The maximum Gasteiger partial charge on any atom is 0.164 e. The van der Waals surface area contributed by atoms with E-state index in [1.807, 2.05) is 12.1 Å². The van der Waals surface area contributed by atoms with Gasteiger partial charge >= 0.3 is 0 Å². The molecule has 0 radical (unpaired) electrons. The average molecular weight is 382 g/mol. The Hall–Kier alpha value is -1.17. The van der Waals surface area contributed by atoms with E-state index in [1.165, 1.54) is 42.9 Å². The Morgan fingerprint density at radius 1 is 1.20 bits per heavy atom. The summed E-state index contributed by atoms with van der Waals surface area (Å²) in [5, 5.41) is 3.44. The molecule has 1 aliphatic heterocycles. The topological polar surface area (TPSA) is 28.4 Å². The number of hydrogen-bond acceptors (Lipinski definition) is 3. The second-order valence-electron chi connectivity index (χ2n) is 5.25. The minimum absolute atomic E-state index is 0.729. The molecule has 0 unspecified atom stereocenters. The van der Waals surface area contributed by atoms with Gasteiger partial charge < -0.3 is 14.6 Å². The largest absolute Gasteiger partial charge is 0.454 e. The predicted octanol–water partition coefficient (Wildman–Crippen LogP) is 4.40. The summed E-state index contributed by atoms with van der Waals surface area (Å²) in [4.78, 5) is 2.46. The standard InChI is InChI=1S/C16H19IN2O/c1-12-10-13(19-8-2-3-9-19)4-6-15(12)18-11-14-5-7-16(17)20-14/h4-7,10,18H,2-3,8-9,11H2,1H3. The zero-order chi connectivity index (χ0) is 13.9. The van der Waals surface area contributed by atoms with Crippen LogP contribution in [0.25, 0.3) is 0 Å². The molecule has 20 heavy (non-hydrogen) atoms. The summed E-state index contributed by atoms with van der Waals surface area (Å²) in [5.41, 5.74) is 3.81. The highest BCUT2D eigenvalue weighted by atomic mass is 127. The summed E-state index contributed by atoms with van der Waals surface area (Å²) in [7, 11) is 0. The maximum atomic E-state index is 5.57. The first-order valence-corrected chi connectivity index (χ1v) is 8.14. The van der Waals surface area contributed by atoms with Crippen LogP contribution in [0, 0.1) is 10.7 Å². The van der Waals surface area contributed by atoms with Crippen molar-refractivity contribution < 1.29 is 4.42 Å². The van der Waals surface area contributed by atoms with Crippen LogP contribution in [0.4, 0.5) is 11.4 Å². The highest BCUT2D eigenvalue weighted by Gasteiger charge is 2.13. The Labute approximate surface area is 133 Å². The van der Waals surface area contributed by atoms with E-state index in [4.69, 9.17) is 4.42 Å². The monoisotopic (exact) mass is 382 g/mol. The van der Waals surface area contributed by atoms with E-state index in [9.17, 15) is 0 Å². The van der Waals surface area contributed by atoms with Gasteiger partial charge in [0.1, 0.15) is 5.76 Å². The molecule has 1 aromatic heterocycles. The summed E-state index contributed by atoms with van der Waals surface area (Å²) in [6.45, 7) is 5.27. The van der Waals surface area contributed by atoms with Crippen molar-refractivity contribution in [2.45, 2.75) is 26.3 Å². The van der Waals surface area contributed by atoms with E-state index in [1.54, 1.807) is 0 Å². The second kappa shape index (κ2) is 6.08. The van der Waals surface area contributed by atoms with Crippen LogP contribution in [-0.2, 0) is 6.54 Å². The van der Waals surface area contributed by atoms with Gasteiger partial charge in [-0.2, -0.15) is 0 Å². The van der Waals surface area contributed by atoms with Crippen LogP contribution in [0.15, 0.2) is 34.7 Å². The normalized spacial score (nSPS) is 14.8. The third-order valence-corrected chi connectivity index (χ3v) is 4.34. The number of anilines is 2. The first-order chi connectivity index (χ1) is 9.72. The van der Waals surface area contributed by atoms with E-state index < -0.39 is 0 Å². The van der Waals surface area contributed by atoms with Gasteiger partial charge in [0.2, 0.25) is 0 Å². The van der Waals surface area contributed by atoms with E-state index in [0.29, 0.717) is 0 Å². The smallest absolute Gasteiger partial charge is 0.164 e. The van der Waals surface area contributed by atoms with E-state index in [0.717, 1.165) is 16.1 Å². The van der Waals surface area contributed by atoms with Crippen molar-refractivity contribution in [1.82, 2.24) is 0 Å². The Morgan fingerprint density at radius 2 is 2.00 bits per heavy atom. The van der Waals surface area contributed by atoms with Crippen LogP contribution < -0.4 is 10.2 Å². The lowest BCUT2D eigenvalue weighted by Crippen LogP contribution is -2.17. The van der Waals surface area contributed by atoms with Gasteiger partial charge in [0, 0.05) is 24.5 Å². The van der Waals surface area contributed by atoms with Crippen molar-refractivity contribution in [2.75, 3.05) is 23.3 Å². The second-order valence-corrected chi connectivity index (χ2v) is 6.32. The number of halogens is 1. The molecule has 2 aromatic rings. The van der Waals surface area contributed by atoms with E-state index in [2.05, 4.69) is 57.9 Å². The summed E-state index contributed by atoms with van der Waals surface area (Å²) in [6.07, 6.45) is 2.63. The molecular formula is C16H19IN2O. The van der Waals surface area contributed by atoms with Crippen LogP contribution in [-0.4, -0.2) is 13.1 Å². The summed E-state index contributed by atoms with van der Waals surface area (Å²) >= 11 is 2.19. The van der Waals surface area contributed by atoms with Crippen LogP contribution >= 0.6 is 22.6 Å². The molecule has 1 aliphatic rings. The lowest BCUT2D eigenvalue weighted by molar-refractivity contribution is 0.493. The molecule has 0 atom stereocenters. The molecular weight excluding hydrogens is 363 g/mol. The molecule has 1 N–H and O–H groups in total. The molecule has 2 heterocycles. The predicted molar refractivity (Wildman–Crippen MR) is 91.4 cm³/mol. The quantitative estimate of drug-likeness (QED) is 0.795. The molecule has 0 aliphatic carbocycles. The van der Waals surface area contributed by atoms with Gasteiger partial charge in [0.05, 0.1) is 6.54 Å². The fourth-order valence-electron chi connectivity index (χ4n) is 2.65. The summed E-state index contributed by atoms with van der Waals surface area (Å²) in [5.74, 6) is 0.970. The lowest BCUT2D eigenvalue weighted by Gasteiger charge is -2.19. The Bertz CT molecular complexity index is 588. The van der Waals surface area contributed by atoms with Gasteiger partial charge in [-0.25, -0.2) is 0 Å². The first kappa shape index (κ1) is 13.8. The SMILES string of the molecule is Cc1cc(N2CCCC2)ccc1NCc1ccc(I)o1. The molecule has 3 rings (SSSR count). The van der Waals surface area contributed by atoms with E-state index in [-0.39, 0.29) is 0 Å². The number of furan rings is 1. The van der Waals surface area contributed by atoms with Gasteiger partial charge in [-0.05, 0) is 78.3 Å². The van der Waals surface area contributed by atoms with Crippen molar-refractivity contribution in [3.05, 3.63) is 45.4 Å².